The minimum Gasteiger partial charge on any atom is -0.465 e. The monoisotopic (exact) mass is 396 g/mol. The highest BCUT2D eigenvalue weighted by Gasteiger charge is 2.44. The molecule has 1 aromatic carbocycles. The van der Waals surface area contributed by atoms with Crippen molar-refractivity contribution >= 4 is 12.2 Å². The highest BCUT2D eigenvalue weighted by molar-refractivity contribution is 5.65. The number of nitrogens with zero attached hydrogens (tertiary/aromatic N) is 1. The van der Waals surface area contributed by atoms with Crippen molar-refractivity contribution in [3.8, 4) is 11.1 Å². The molecule has 4 rings (SSSR count). The summed E-state index contributed by atoms with van der Waals surface area (Å²) in [6, 6.07) is 10.2. The highest BCUT2D eigenvalue weighted by Crippen LogP contribution is 2.46. The zero-order chi connectivity index (χ0) is 20.4. The van der Waals surface area contributed by atoms with E-state index < -0.39 is 12.2 Å². The molecule has 3 N–H and O–H groups in total. The lowest BCUT2D eigenvalue weighted by Crippen LogP contribution is -2.39. The zero-order valence-corrected chi connectivity index (χ0v) is 16.0. The molecular formula is C23H25FN2O3. The number of hydrogen-bond acceptors (Lipinski definition) is 3. The van der Waals surface area contributed by atoms with Crippen molar-refractivity contribution in [3.63, 3.8) is 0 Å². The SMILES string of the molecule is O=C(O)NC1CC[C@@H]2[C@H](C1)C[C@@H](O)[C@H]2/C=C/c1ccc(-c2cccc(F)c2)cn1. The van der Waals surface area contributed by atoms with Crippen LogP contribution in [0.1, 0.15) is 31.4 Å². The second kappa shape index (κ2) is 8.33. The number of aliphatic hydroxyl groups excluding tert-OH is 1. The number of amides is 1. The number of fused-ring (bicyclic) bond motifs is 1. The molecule has 2 saturated carbocycles. The molecule has 2 aromatic rings. The van der Waals surface area contributed by atoms with Gasteiger partial charge in [-0.15, -0.1) is 0 Å². The summed E-state index contributed by atoms with van der Waals surface area (Å²) in [7, 11) is 0. The lowest BCUT2D eigenvalue weighted by atomic mass is 9.76. The van der Waals surface area contributed by atoms with Crippen molar-refractivity contribution in [1.29, 1.82) is 0 Å². The van der Waals surface area contributed by atoms with Crippen molar-refractivity contribution in [2.24, 2.45) is 17.8 Å². The lowest BCUT2D eigenvalue weighted by molar-refractivity contribution is 0.138. The molecule has 0 saturated heterocycles. The van der Waals surface area contributed by atoms with E-state index in [4.69, 9.17) is 5.11 Å². The molecule has 5 atom stereocenters. The maximum absolute atomic E-state index is 13.4. The Labute approximate surface area is 169 Å². The summed E-state index contributed by atoms with van der Waals surface area (Å²) < 4.78 is 13.4. The number of hydrogen-bond donors (Lipinski definition) is 3. The number of pyridine rings is 1. The number of aliphatic hydroxyl groups is 1. The molecule has 0 aliphatic heterocycles. The van der Waals surface area contributed by atoms with Crippen LogP contribution in [0.5, 0.6) is 0 Å². The van der Waals surface area contributed by atoms with Gasteiger partial charge in [0.15, 0.2) is 0 Å². The molecule has 5 nitrogen and oxygen atoms in total. The van der Waals surface area contributed by atoms with Gasteiger partial charge in [0.1, 0.15) is 5.82 Å². The van der Waals surface area contributed by atoms with Crippen LogP contribution in [0.25, 0.3) is 17.2 Å². The van der Waals surface area contributed by atoms with E-state index in [1.807, 2.05) is 30.4 Å². The number of rotatable bonds is 4. The number of benzene rings is 1. The van der Waals surface area contributed by atoms with Gasteiger partial charge in [-0.1, -0.05) is 24.3 Å². The van der Waals surface area contributed by atoms with Crippen LogP contribution < -0.4 is 5.32 Å². The molecule has 1 unspecified atom stereocenters. The molecule has 2 aliphatic carbocycles. The number of aromatic nitrogens is 1. The first-order valence-corrected chi connectivity index (χ1v) is 10.1. The maximum atomic E-state index is 13.4. The summed E-state index contributed by atoms with van der Waals surface area (Å²) >= 11 is 0. The van der Waals surface area contributed by atoms with E-state index in [9.17, 15) is 14.3 Å². The number of carboxylic acid groups (broad SMARTS) is 1. The van der Waals surface area contributed by atoms with Gasteiger partial charge in [-0.2, -0.15) is 0 Å². The van der Waals surface area contributed by atoms with Gasteiger partial charge in [0.05, 0.1) is 11.8 Å². The lowest BCUT2D eigenvalue weighted by Gasteiger charge is -2.33. The minimum absolute atomic E-state index is 0.0132. The standard InChI is InChI=1S/C23H25FN2O3/c24-17-3-1-2-14(10-17)15-4-5-18(25-13-15)6-9-21-20-8-7-19(26-23(28)29)11-16(20)12-22(21)27/h1-6,9-10,13,16,19-22,26-27H,7-8,11-12H2,(H,28,29)/b9-6+/t16-,19?,20-,21+,22-/m1/s1. The fourth-order valence-corrected chi connectivity index (χ4v) is 4.95. The first kappa shape index (κ1) is 19.6. The molecular weight excluding hydrogens is 371 g/mol. The minimum atomic E-state index is -0.976. The van der Waals surface area contributed by atoms with E-state index in [0.717, 1.165) is 36.1 Å². The van der Waals surface area contributed by atoms with Crippen LogP contribution in [0.4, 0.5) is 9.18 Å². The van der Waals surface area contributed by atoms with Crippen molar-refractivity contribution < 1.29 is 19.4 Å². The van der Waals surface area contributed by atoms with Crippen LogP contribution in [0.3, 0.4) is 0 Å². The van der Waals surface area contributed by atoms with Gasteiger partial charge in [0.25, 0.3) is 0 Å². The largest absolute Gasteiger partial charge is 0.465 e. The Morgan fingerprint density at radius 2 is 2.03 bits per heavy atom. The molecule has 1 heterocycles. The smallest absolute Gasteiger partial charge is 0.404 e. The molecule has 0 radical (unpaired) electrons. The third-order valence-electron chi connectivity index (χ3n) is 6.29. The third-order valence-corrected chi connectivity index (χ3v) is 6.29. The van der Waals surface area contributed by atoms with E-state index in [1.54, 1.807) is 12.3 Å². The summed E-state index contributed by atoms with van der Waals surface area (Å²) in [5, 5.41) is 22.1. The molecule has 152 valence electrons. The second-order valence-corrected chi connectivity index (χ2v) is 8.11. The number of halogens is 1. The van der Waals surface area contributed by atoms with Crippen LogP contribution in [0.2, 0.25) is 0 Å². The van der Waals surface area contributed by atoms with E-state index >= 15 is 0 Å². The summed E-state index contributed by atoms with van der Waals surface area (Å²) in [4.78, 5) is 15.3. The Hall–Kier alpha value is -2.73. The molecule has 2 aliphatic rings. The topological polar surface area (TPSA) is 82.5 Å². The van der Waals surface area contributed by atoms with Crippen LogP contribution in [-0.2, 0) is 0 Å². The van der Waals surface area contributed by atoms with Gasteiger partial charge in [0, 0.05) is 23.7 Å². The Balaban J connectivity index is 1.42. The van der Waals surface area contributed by atoms with E-state index in [-0.39, 0.29) is 17.8 Å². The zero-order valence-electron chi connectivity index (χ0n) is 16.0. The average Bonchev–Trinajstić information content (AvgIpc) is 3.00. The van der Waals surface area contributed by atoms with Crippen LogP contribution in [-0.4, -0.2) is 33.4 Å². The fourth-order valence-electron chi connectivity index (χ4n) is 4.95. The first-order chi connectivity index (χ1) is 14.0. The van der Waals surface area contributed by atoms with Crippen LogP contribution in [0.15, 0.2) is 48.7 Å². The fraction of sp³-hybridized carbons (Fsp3) is 0.391. The van der Waals surface area contributed by atoms with E-state index in [1.165, 1.54) is 12.1 Å². The van der Waals surface area contributed by atoms with Crippen molar-refractivity contribution in [2.75, 3.05) is 0 Å². The van der Waals surface area contributed by atoms with Gasteiger partial charge < -0.3 is 15.5 Å². The Bertz CT molecular complexity index is 899. The molecule has 0 spiro atoms. The van der Waals surface area contributed by atoms with Crippen molar-refractivity contribution in [1.82, 2.24) is 10.3 Å². The van der Waals surface area contributed by atoms with Gasteiger partial charge in [-0.3, -0.25) is 4.98 Å². The quantitative estimate of drug-likeness (QED) is 0.718. The molecule has 2 fully saturated rings. The Morgan fingerprint density at radius 1 is 1.17 bits per heavy atom. The number of carbonyl (C=O) groups is 1. The van der Waals surface area contributed by atoms with Crippen molar-refractivity contribution in [3.05, 3.63) is 60.2 Å². The first-order valence-electron chi connectivity index (χ1n) is 10.1. The second-order valence-electron chi connectivity index (χ2n) is 8.11. The Morgan fingerprint density at radius 3 is 2.76 bits per heavy atom. The average molecular weight is 396 g/mol. The van der Waals surface area contributed by atoms with Gasteiger partial charge in [-0.05, 0) is 67.4 Å². The summed E-state index contributed by atoms with van der Waals surface area (Å²) in [5.41, 5.74) is 2.43. The van der Waals surface area contributed by atoms with Crippen molar-refractivity contribution in [2.45, 2.75) is 37.8 Å². The van der Waals surface area contributed by atoms with E-state index in [2.05, 4.69) is 10.3 Å². The van der Waals surface area contributed by atoms with E-state index in [0.29, 0.717) is 18.3 Å². The predicted octanol–water partition coefficient (Wildman–Crippen LogP) is 4.33. The molecule has 1 aromatic heterocycles. The Kier molecular flexibility index (Phi) is 5.62. The predicted molar refractivity (Wildman–Crippen MR) is 109 cm³/mol. The summed E-state index contributed by atoms with van der Waals surface area (Å²) in [6.07, 6.45) is 7.55. The highest BCUT2D eigenvalue weighted by atomic mass is 19.1. The molecule has 6 heteroatoms. The normalized spacial score (nSPS) is 29.0. The molecule has 1 amide bonds. The maximum Gasteiger partial charge on any atom is 0.404 e. The molecule has 0 bridgehead atoms. The summed E-state index contributed by atoms with van der Waals surface area (Å²) in [5.74, 6) is 0.508. The van der Waals surface area contributed by atoms with Gasteiger partial charge in [-0.25, -0.2) is 9.18 Å². The van der Waals surface area contributed by atoms with Gasteiger partial charge in [0.2, 0.25) is 0 Å². The number of nitrogens with one attached hydrogen (secondary N) is 1. The van der Waals surface area contributed by atoms with Crippen LogP contribution in [0, 0.1) is 23.6 Å². The van der Waals surface area contributed by atoms with Gasteiger partial charge >= 0.3 is 6.09 Å². The van der Waals surface area contributed by atoms with Crippen LogP contribution >= 0.6 is 0 Å². The third kappa shape index (κ3) is 4.48. The summed E-state index contributed by atoms with van der Waals surface area (Å²) in [6.45, 7) is 0. The molecule has 29 heavy (non-hydrogen) atoms.